The molecule has 0 atom stereocenters. The number of carbonyl (C=O) groups is 1. The second kappa shape index (κ2) is 8.58. The molecule has 0 spiro atoms. The third-order valence-corrected chi connectivity index (χ3v) is 6.07. The van der Waals surface area contributed by atoms with Gasteiger partial charge in [-0.1, -0.05) is 46.3 Å². The summed E-state index contributed by atoms with van der Waals surface area (Å²) in [7, 11) is -3.82. The summed E-state index contributed by atoms with van der Waals surface area (Å²) in [6.07, 6.45) is 0. The van der Waals surface area contributed by atoms with E-state index in [9.17, 15) is 13.2 Å². The first-order valence-electron chi connectivity index (χ1n) is 8.66. The maximum absolute atomic E-state index is 13.1. The molecule has 7 heteroatoms. The topological polar surface area (TPSA) is 66.5 Å². The number of anilines is 2. The van der Waals surface area contributed by atoms with Crippen LogP contribution >= 0.6 is 15.9 Å². The smallest absolute Gasteiger partial charge is 0.261 e. The van der Waals surface area contributed by atoms with Crippen LogP contribution in [0.3, 0.4) is 0 Å². The highest BCUT2D eigenvalue weighted by molar-refractivity contribution is 9.10. The summed E-state index contributed by atoms with van der Waals surface area (Å²) in [6, 6.07) is 22.2. The summed E-state index contributed by atoms with van der Waals surface area (Å²) in [4.78, 5) is 14.9. The van der Waals surface area contributed by atoms with Crippen LogP contribution in [0.2, 0.25) is 0 Å². The summed E-state index contributed by atoms with van der Waals surface area (Å²) in [5, 5.41) is 0. The molecule has 0 aliphatic rings. The maximum atomic E-state index is 13.1. The van der Waals surface area contributed by atoms with Crippen LogP contribution in [0.5, 0.6) is 0 Å². The van der Waals surface area contributed by atoms with Gasteiger partial charge < -0.3 is 4.90 Å². The van der Waals surface area contributed by atoms with Gasteiger partial charge in [-0.3, -0.25) is 9.52 Å². The van der Waals surface area contributed by atoms with Crippen LogP contribution in [0.25, 0.3) is 0 Å². The fourth-order valence-corrected chi connectivity index (χ4v) is 4.12. The standard InChI is InChI=1S/C21H19BrN2O3S/c1-2-24(17-8-4-3-5-9-17)21(25)19-10-6-7-11-20(19)23-28(26,27)18-14-12-16(22)13-15-18/h3-15,23H,2H2,1H3. The number of para-hydroxylation sites is 2. The van der Waals surface area contributed by atoms with Gasteiger partial charge in [-0.25, -0.2) is 8.42 Å². The van der Waals surface area contributed by atoms with E-state index in [-0.39, 0.29) is 22.1 Å². The molecule has 28 heavy (non-hydrogen) atoms. The third kappa shape index (κ3) is 4.43. The van der Waals surface area contributed by atoms with E-state index in [1.807, 2.05) is 37.3 Å². The number of halogens is 1. The van der Waals surface area contributed by atoms with Crippen molar-refractivity contribution in [2.75, 3.05) is 16.2 Å². The lowest BCUT2D eigenvalue weighted by Crippen LogP contribution is -2.31. The van der Waals surface area contributed by atoms with Crippen molar-refractivity contribution in [2.24, 2.45) is 0 Å². The number of hydrogen-bond acceptors (Lipinski definition) is 3. The van der Waals surface area contributed by atoms with Crippen molar-refractivity contribution in [1.82, 2.24) is 0 Å². The first-order chi connectivity index (χ1) is 13.4. The van der Waals surface area contributed by atoms with Gasteiger partial charge in [0.15, 0.2) is 0 Å². The molecule has 0 radical (unpaired) electrons. The van der Waals surface area contributed by atoms with Crippen molar-refractivity contribution >= 4 is 43.2 Å². The average molecular weight is 459 g/mol. The van der Waals surface area contributed by atoms with Gasteiger partial charge >= 0.3 is 0 Å². The molecule has 0 saturated heterocycles. The Kier molecular flexibility index (Phi) is 6.16. The van der Waals surface area contributed by atoms with Gasteiger partial charge in [-0.2, -0.15) is 0 Å². The molecular formula is C21H19BrN2O3S. The molecule has 0 saturated carbocycles. The number of hydrogen-bond donors (Lipinski definition) is 1. The van der Waals surface area contributed by atoms with Crippen molar-refractivity contribution in [3.8, 4) is 0 Å². The van der Waals surface area contributed by atoms with Gasteiger partial charge in [0.25, 0.3) is 15.9 Å². The zero-order chi connectivity index (χ0) is 20.1. The lowest BCUT2D eigenvalue weighted by Gasteiger charge is -2.22. The predicted octanol–water partition coefficient (Wildman–Crippen LogP) is 4.92. The molecule has 144 valence electrons. The zero-order valence-electron chi connectivity index (χ0n) is 15.2. The molecule has 0 aromatic heterocycles. The molecule has 3 aromatic carbocycles. The van der Waals surface area contributed by atoms with Gasteiger partial charge in [-0.05, 0) is 55.5 Å². The first kappa shape index (κ1) is 20.1. The summed E-state index contributed by atoms with van der Waals surface area (Å²) in [5.74, 6) is -0.275. The summed E-state index contributed by atoms with van der Waals surface area (Å²) in [6.45, 7) is 2.33. The lowest BCUT2D eigenvalue weighted by molar-refractivity contribution is 0.0989. The molecule has 0 aliphatic carbocycles. The summed E-state index contributed by atoms with van der Waals surface area (Å²) < 4.78 is 28.8. The molecule has 0 bridgehead atoms. The fourth-order valence-electron chi connectivity index (χ4n) is 2.77. The molecule has 1 N–H and O–H groups in total. The number of amides is 1. The fraction of sp³-hybridized carbons (Fsp3) is 0.0952. The van der Waals surface area contributed by atoms with E-state index in [1.54, 1.807) is 41.3 Å². The second-order valence-electron chi connectivity index (χ2n) is 5.99. The molecule has 0 heterocycles. The molecular weight excluding hydrogens is 440 g/mol. The molecule has 1 amide bonds. The van der Waals surface area contributed by atoms with Crippen LogP contribution in [0.1, 0.15) is 17.3 Å². The van der Waals surface area contributed by atoms with Crippen molar-refractivity contribution < 1.29 is 13.2 Å². The summed E-state index contributed by atoms with van der Waals surface area (Å²) in [5.41, 5.74) is 1.28. The SMILES string of the molecule is CCN(C(=O)c1ccccc1NS(=O)(=O)c1ccc(Br)cc1)c1ccccc1. The van der Waals surface area contributed by atoms with Gasteiger partial charge in [0.1, 0.15) is 0 Å². The number of benzene rings is 3. The number of nitrogens with one attached hydrogen (secondary N) is 1. The quantitative estimate of drug-likeness (QED) is 0.569. The monoisotopic (exact) mass is 458 g/mol. The molecule has 0 unspecified atom stereocenters. The zero-order valence-corrected chi connectivity index (χ0v) is 17.6. The Morgan fingerprint density at radius 3 is 2.18 bits per heavy atom. The van der Waals surface area contributed by atoms with Crippen LogP contribution in [-0.4, -0.2) is 20.9 Å². The van der Waals surface area contributed by atoms with Crippen molar-refractivity contribution in [3.63, 3.8) is 0 Å². The van der Waals surface area contributed by atoms with E-state index >= 15 is 0 Å². The van der Waals surface area contributed by atoms with Crippen LogP contribution in [-0.2, 0) is 10.0 Å². The van der Waals surface area contributed by atoms with Gasteiger partial charge in [0.05, 0.1) is 16.1 Å². The third-order valence-electron chi connectivity index (χ3n) is 4.15. The highest BCUT2D eigenvalue weighted by Gasteiger charge is 2.22. The van der Waals surface area contributed by atoms with Crippen molar-refractivity contribution in [2.45, 2.75) is 11.8 Å². The Labute approximate surface area is 173 Å². The second-order valence-corrected chi connectivity index (χ2v) is 8.59. The molecule has 3 rings (SSSR count). The van der Waals surface area contributed by atoms with Crippen LogP contribution in [0.4, 0.5) is 11.4 Å². The van der Waals surface area contributed by atoms with Crippen LogP contribution in [0, 0.1) is 0 Å². The Bertz CT molecular complexity index is 1070. The minimum Gasteiger partial charge on any atom is -0.309 e. The molecule has 0 fully saturated rings. The predicted molar refractivity (Wildman–Crippen MR) is 115 cm³/mol. The van der Waals surface area contributed by atoms with E-state index in [2.05, 4.69) is 20.7 Å². The molecule has 5 nitrogen and oxygen atoms in total. The average Bonchev–Trinajstić information content (AvgIpc) is 2.70. The Morgan fingerprint density at radius 1 is 0.929 bits per heavy atom. The van der Waals surface area contributed by atoms with E-state index in [4.69, 9.17) is 0 Å². The summed E-state index contributed by atoms with van der Waals surface area (Å²) >= 11 is 3.29. The van der Waals surface area contributed by atoms with Crippen LogP contribution in [0.15, 0.2) is 88.2 Å². The number of sulfonamides is 1. The molecule has 3 aromatic rings. The minimum absolute atomic E-state index is 0.119. The van der Waals surface area contributed by atoms with E-state index in [0.717, 1.165) is 10.2 Å². The highest BCUT2D eigenvalue weighted by atomic mass is 79.9. The first-order valence-corrected chi connectivity index (χ1v) is 10.9. The largest absolute Gasteiger partial charge is 0.309 e. The van der Waals surface area contributed by atoms with E-state index in [0.29, 0.717) is 6.54 Å². The van der Waals surface area contributed by atoms with E-state index < -0.39 is 10.0 Å². The Hall–Kier alpha value is -2.64. The van der Waals surface area contributed by atoms with Gasteiger partial charge in [-0.15, -0.1) is 0 Å². The van der Waals surface area contributed by atoms with Crippen molar-refractivity contribution in [3.05, 3.63) is 88.9 Å². The Balaban J connectivity index is 1.95. The van der Waals surface area contributed by atoms with Crippen molar-refractivity contribution in [1.29, 1.82) is 0 Å². The van der Waals surface area contributed by atoms with Gasteiger partial charge in [0, 0.05) is 16.7 Å². The number of carbonyl (C=O) groups excluding carboxylic acids is 1. The van der Waals surface area contributed by atoms with E-state index in [1.165, 1.54) is 12.1 Å². The highest BCUT2D eigenvalue weighted by Crippen LogP contribution is 2.24. The number of nitrogens with zero attached hydrogens (tertiary/aromatic N) is 1. The van der Waals surface area contributed by atoms with Crippen LogP contribution < -0.4 is 9.62 Å². The Morgan fingerprint density at radius 2 is 1.54 bits per heavy atom. The molecule has 0 aliphatic heterocycles. The van der Waals surface area contributed by atoms with Gasteiger partial charge in [0.2, 0.25) is 0 Å². The normalized spacial score (nSPS) is 11.1. The maximum Gasteiger partial charge on any atom is 0.261 e. The number of rotatable bonds is 6. The minimum atomic E-state index is -3.82. The lowest BCUT2D eigenvalue weighted by atomic mass is 10.1.